The summed E-state index contributed by atoms with van der Waals surface area (Å²) in [6.45, 7) is 2.56. The minimum Gasteiger partial charge on any atom is -0.382 e. The molecule has 2 amide bonds. The first-order valence-corrected chi connectivity index (χ1v) is 9.40. The van der Waals surface area contributed by atoms with Gasteiger partial charge in [-0.25, -0.2) is 14.2 Å². The van der Waals surface area contributed by atoms with Gasteiger partial charge in [-0.1, -0.05) is 29.8 Å². The van der Waals surface area contributed by atoms with Crippen LogP contribution in [0.15, 0.2) is 36.4 Å². The van der Waals surface area contributed by atoms with Crippen LogP contribution < -0.4 is 16.0 Å². The molecule has 9 heteroatoms. The molecule has 3 aromatic rings. The molecule has 154 valence electrons. The zero-order valence-corrected chi connectivity index (χ0v) is 17.2. The van der Waals surface area contributed by atoms with Crippen LogP contribution in [0.5, 0.6) is 0 Å². The number of nitrogens with one attached hydrogen (secondary N) is 4. The van der Waals surface area contributed by atoms with E-state index in [0.29, 0.717) is 19.1 Å². The molecule has 1 heterocycles. The second-order valence-corrected chi connectivity index (χ2v) is 7.26. The first kappa shape index (κ1) is 20.9. The lowest BCUT2D eigenvalue weighted by atomic mass is 9.93. The van der Waals surface area contributed by atoms with Crippen LogP contribution in [0.2, 0.25) is 5.02 Å². The van der Waals surface area contributed by atoms with E-state index < -0.39 is 11.4 Å². The van der Waals surface area contributed by atoms with Crippen LogP contribution in [-0.4, -0.2) is 36.8 Å². The summed E-state index contributed by atoms with van der Waals surface area (Å²) in [5, 5.41) is 8.66. The van der Waals surface area contributed by atoms with Gasteiger partial charge in [0.15, 0.2) is 0 Å². The molecule has 0 fully saturated rings. The summed E-state index contributed by atoms with van der Waals surface area (Å²) in [6.07, 6.45) is 0. The predicted molar refractivity (Wildman–Crippen MR) is 112 cm³/mol. The minimum absolute atomic E-state index is 0.0406. The molecule has 0 saturated heterocycles. The number of H-pyrrole nitrogens is 1. The number of hydrogen-bond donors (Lipinski definition) is 4. The molecule has 2 aromatic carbocycles. The maximum absolute atomic E-state index is 13.6. The topological polar surface area (TPSA) is 91.1 Å². The molecule has 4 N–H and O–H groups in total. The zero-order valence-electron chi connectivity index (χ0n) is 16.4. The normalized spacial score (nSPS) is 13.1. The van der Waals surface area contributed by atoms with Gasteiger partial charge in [-0.05, 0) is 36.2 Å². The first-order valence-electron chi connectivity index (χ1n) is 9.02. The molecule has 0 radical (unpaired) electrons. The van der Waals surface area contributed by atoms with E-state index in [0.717, 1.165) is 22.2 Å². The fourth-order valence-electron chi connectivity index (χ4n) is 3.14. The number of anilines is 1. The molecule has 0 aliphatic rings. The van der Waals surface area contributed by atoms with Crippen molar-refractivity contribution in [2.45, 2.75) is 19.0 Å². The van der Waals surface area contributed by atoms with Crippen molar-refractivity contribution in [3.05, 3.63) is 58.4 Å². The molecular formula is C20H23ClFN5O2. The average Bonchev–Trinajstić information content (AvgIpc) is 3.10. The lowest BCUT2D eigenvalue weighted by Gasteiger charge is -2.30. The summed E-state index contributed by atoms with van der Waals surface area (Å²) in [7, 11) is 3.15. The van der Waals surface area contributed by atoms with E-state index in [1.54, 1.807) is 26.3 Å². The molecule has 1 aromatic heterocycles. The van der Waals surface area contributed by atoms with E-state index in [2.05, 4.69) is 25.9 Å². The summed E-state index contributed by atoms with van der Waals surface area (Å²) in [6, 6.07) is 9.99. The molecule has 1 unspecified atom stereocenters. The number of aromatic nitrogens is 2. The third kappa shape index (κ3) is 4.60. The summed E-state index contributed by atoms with van der Waals surface area (Å²) in [5.41, 5.74) is 2.48. The van der Waals surface area contributed by atoms with Crippen LogP contribution in [0.1, 0.15) is 18.1 Å². The summed E-state index contributed by atoms with van der Waals surface area (Å²) in [5.74, 6) is 0.0413. The van der Waals surface area contributed by atoms with Crippen LogP contribution in [0.4, 0.5) is 15.1 Å². The summed E-state index contributed by atoms with van der Waals surface area (Å²) < 4.78 is 19.0. The van der Waals surface area contributed by atoms with Crippen molar-refractivity contribution < 1.29 is 13.9 Å². The minimum atomic E-state index is -0.708. The van der Waals surface area contributed by atoms with Gasteiger partial charge in [0, 0.05) is 20.7 Å². The number of rotatable bonds is 7. The second kappa shape index (κ2) is 8.67. The van der Waals surface area contributed by atoms with E-state index >= 15 is 0 Å². The number of ether oxygens (including phenoxy) is 1. The van der Waals surface area contributed by atoms with Crippen molar-refractivity contribution in [3.63, 3.8) is 0 Å². The maximum Gasteiger partial charge on any atom is 0.314 e. The van der Waals surface area contributed by atoms with Gasteiger partial charge >= 0.3 is 6.03 Å². The van der Waals surface area contributed by atoms with Gasteiger partial charge in [0.1, 0.15) is 5.82 Å². The molecule has 3 rings (SSSR count). The summed E-state index contributed by atoms with van der Waals surface area (Å²) >= 11 is 5.97. The molecule has 0 saturated carbocycles. The molecule has 29 heavy (non-hydrogen) atoms. The van der Waals surface area contributed by atoms with E-state index in [9.17, 15) is 9.18 Å². The molecule has 0 aliphatic heterocycles. The van der Waals surface area contributed by atoms with Gasteiger partial charge in [0.05, 0.1) is 28.2 Å². The average molecular weight is 420 g/mol. The smallest absolute Gasteiger partial charge is 0.314 e. The Balaban J connectivity index is 1.92. The Morgan fingerprint density at radius 1 is 1.34 bits per heavy atom. The zero-order chi connectivity index (χ0) is 21.0. The largest absolute Gasteiger partial charge is 0.382 e. The van der Waals surface area contributed by atoms with Gasteiger partial charge < -0.3 is 25.7 Å². The van der Waals surface area contributed by atoms with Crippen LogP contribution in [0, 0.1) is 5.82 Å². The molecular weight excluding hydrogens is 397 g/mol. The number of hydrogen-bond acceptors (Lipinski definition) is 4. The van der Waals surface area contributed by atoms with E-state index in [1.165, 1.54) is 6.07 Å². The molecule has 0 aliphatic carbocycles. The number of nitrogens with zero attached hydrogens (tertiary/aromatic N) is 1. The quantitative estimate of drug-likeness (QED) is 0.469. The van der Waals surface area contributed by atoms with Crippen LogP contribution in [-0.2, 0) is 16.8 Å². The van der Waals surface area contributed by atoms with Crippen LogP contribution >= 0.6 is 11.6 Å². The highest BCUT2D eigenvalue weighted by Crippen LogP contribution is 2.30. The number of carbonyl (C=O) groups excluding carboxylic acids is 1. The standard InChI is InChI=1S/C20H23ClFN5O2/c1-20(11-29-3,13-7-8-15(22)14(21)9-13)27-18-25-16-6-4-5-12(17(16)26-18)10-24-19(28)23-2/h4-9H,10-11H2,1-3H3,(H2,23,24,28)(H2,25,26,27). The molecule has 0 spiro atoms. The van der Waals surface area contributed by atoms with Crippen molar-refractivity contribution in [1.29, 1.82) is 0 Å². The van der Waals surface area contributed by atoms with Crippen molar-refractivity contribution in [1.82, 2.24) is 20.6 Å². The van der Waals surface area contributed by atoms with Gasteiger partial charge in [0.2, 0.25) is 5.95 Å². The molecule has 0 bridgehead atoms. The number of fused-ring (bicyclic) bond motifs is 1. The Kier molecular flexibility index (Phi) is 6.24. The number of halogens is 2. The highest BCUT2D eigenvalue weighted by Gasteiger charge is 2.29. The monoisotopic (exact) mass is 419 g/mol. The second-order valence-electron chi connectivity index (χ2n) is 6.85. The van der Waals surface area contributed by atoms with Gasteiger partial charge in [0.25, 0.3) is 0 Å². The van der Waals surface area contributed by atoms with E-state index in [-0.39, 0.29) is 11.1 Å². The van der Waals surface area contributed by atoms with Crippen LogP contribution in [0.3, 0.4) is 0 Å². The predicted octanol–water partition coefficient (Wildman–Crippen LogP) is 3.76. The lowest BCUT2D eigenvalue weighted by molar-refractivity contribution is 0.150. The van der Waals surface area contributed by atoms with Gasteiger partial charge in [-0.15, -0.1) is 0 Å². The number of imidazole rings is 1. The number of benzene rings is 2. The number of methoxy groups -OCH3 is 1. The molecule has 1 atom stereocenters. The van der Waals surface area contributed by atoms with Crippen molar-refractivity contribution in [2.75, 3.05) is 26.1 Å². The van der Waals surface area contributed by atoms with Crippen molar-refractivity contribution >= 4 is 34.6 Å². The number of aromatic amines is 1. The first-order chi connectivity index (χ1) is 13.9. The summed E-state index contributed by atoms with van der Waals surface area (Å²) in [4.78, 5) is 19.4. The Morgan fingerprint density at radius 3 is 2.83 bits per heavy atom. The Bertz CT molecular complexity index is 1030. The highest BCUT2D eigenvalue weighted by molar-refractivity contribution is 6.30. The third-order valence-corrected chi connectivity index (χ3v) is 4.94. The third-order valence-electron chi connectivity index (χ3n) is 4.65. The number of urea groups is 1. The lowest BCUT2D eigenvalue weighted by Crippen LogP contribution is -2.37. The van der Waals surface area contributed by atoms with Gasteiger partial charge in [-0.2, -0.15) is 0 Å². The molecule has 7 nitrogen and oxygen atoms in total. The number of amides is 2. The fourth-order valence-corrected chi connectivity index (χ4v) is 3.32. The van der Waals surface area contributed by atoms with E-state index in [1.807, 2.05) is 25.1 Å². The maximum atomic E-state index is 13.6. The number of para-hydroxylation sites is 1. The van der Waals surface area contributed by atoms with Crippen LogP contribution in [0.25, 0.3) is 11.0 Å². The Labute approximate surface area is 173 Å². The number of carbonyl (C=O) groups is 1. The van der Waals surface area contributed by atoms with E-state index in [4.69, 9.17) is 16.3 Å². The Hall–Kier alpha value is -2.84. The van der Waals surface area contributed by atoms with Crippen molar-refractivity contribution in [2.24, 2.45) is 0 Å². The van der Waals surface area contributed by atoms with Gasteiger partial charge in [-0.3, -0.25) is 0 Å². The SMILES string of the molecule is CNC(=O)NCc1cccc2[nH]c(NC(C)(COC)c3ccc(F)c(Cl)c3)nc12. The van der Waals surface area contributed by atoms with Crippen molar-refractivity contribution in [3.8, 4) is 0 Å². The fraction of sp³-hybridized carbons (Fsp3) is 0.300. The highest BCUT2D eigenvalue weighted by atomic mass is 35.5. The Morgan fingerprint density at radius 2 is 2.14 bits per heavy atom.